The number of amides is 2. The first-order chi connectivity index (χ1) is 11.6. The van der Waals surface area contributed by atoms with Crippen LogP contribution in [0.25, 0.3) is 0 Å². The molecule has 0 aromatic carbocycles. The van der Waals surface area contributed by atoms with Crippen LogP contribution in [0.1, 0.15) is 38.5 Å². The summed E-state index contributed by atoms with van der Waals surface area (Å²) >= 11 is 1.17. The molecule has 2 amide bonds. The van der Waals surface area contributed by atoms with Crippen LogP contribution in [0.5, 0.6) is 0 Å². The van der Waals surface area contributed by atoms with Gasteiger partial charge < -0.3 is 10.6 Å². The van der Waals surface area contributed by atoms with Crippen molar-refractivity contribution in [2.24, 2.45) is 5.41 Å². The fourth-order valence-electron chi connectivity index (χ4n) is 2.32. The highest BCUT2D eigenvalue weighted by Gasteiger charge is 2.28. The highest BCUT2D eigenvalue weighted by atomic mass is 32.2. The molecule has 0 aliphatic carbocycles. The van der Waals surface area contributed by atoms with Gasteiger partial charge in [-0.25, -0.2) is 8.42 Å². The second-order valence-corrected chi connectivity index (χ2v) is 10.4. The lowest BCUT2D eigenvalue weighted by Crippen LogP contribution is -2.41. The Labute approximate surface area is 152 Å². The zero-order valence-electron chi connectivity index (χ0n) is 14.8. The van der Waals surface area contributed by atoms with Gasteiger partial charge in [0.15, 0.2) is 0 Å². The van der Waals surface area contributed by atoms with E-state index in [2.05, 4.69) is 10.6 Å². The van der Waals surface area contributed by atoms with Gasteiger partial charge in [0.2, 0.25) is 11.8 Å². The maximum Gasteiger partial charge on any atom is 0.252 e. The summed E-state index contributed by atoms with van der Waals surface area (Å²) in [5.74, 6) is -0.507. The van der Waals surface area contributed by atoms with Crippen LogP contribution in [-0.2, 0) is 26.2 Å². The molecule has 9 heteroatoms. The molecule has 1 fully saturated rings. The largest absolute Gasteiger partial charge is 0.350 e. The van der Waals surface area contributed by atoms with Gasteiger partial charge in [0.1, 0.15) is 4.21 Å². The van der Waals surface area contributed by atoms with Crippen LogP contribution in [0, 0.1) is 5.41 Å². The second-order valence-electron chi connectivity index (χ2n) is 7.04. The Bertz CT molecular complexity index is 729. The molecule has 2 heterocycles. The van der Waals surface area contributed by atoms with E-state index in [1.165, 1.54) is 15.6 Å². The molecule has 0 spiro atoms. The van der Waals surface area contributed by atoms with Gasteiger partial charge in [-0.1, -0.05) is 20.8 Å². The predicted molar refractivity (Wildman–Crippen MR) is 96.6 cm³/mol. The van der Waals surface area contributed by atoms with E-state index in [1.807, 2.05) is 0 Å². The molecule has 0 atom stereocenters. The van der Waals surface area contributed by atoms with Gasteiger partial charge in [0.05, 0.1) is 13.1 Å². The molecule has 1 saturated heterocycles. The SMILES string of the molecule is CC(C)(C)C(=O)NCC(=O)NCc1ccc(S(=O)(=O)N2CCCC2)s1. The van der Waals surface area contributed by atoms with Crippen molar-refractivity contribution in [2.75, 3.05) is 19.6 Å². The van der Waals surface area contributed by atoms with Gasteiger partial charge in [-0.15, -0.1) is 11.3 Å². The van der Waals surface area contributed by atoms with Crippen molar-refractivity contribution in [1.82, 2.24) is 14.9 Å². The molecule has 0 radical (unpaired) electrons. The lowest BCUT2D eigenvalue weighted by atomic mass is 9.96. The van der Waals surface area contributed by atoms with E-state index < -0.39 is 15.4 Å². The number of nitrogens with zero attached hydrogens (tertiary/aromatic N) is 1. The number of hydrogen-bond donors (Lipinski definition) is 2. The molecule has 25 heavy (non-hydrogen) atoms. The molecule has 7 nitrogen and oxygen atoms in total. The minimum Gasteiger partial charge on any atom is -0.350 e. The van der Waals surface area contributed by atoms with Gasteiger partial charge >= 0.3 is 0 Å². The summed E-state index contributed by atoms with van der Waals surface area (Å²) in [5, 5.41) is 5.26. The van der Waals surface area contributed by atoms with Gasteiger partial charge in [0.25, 0.3) is 10.0 Å². The van der Waals surface area contributed by atoms with E-state index in [-0.39, 0.29) is 24.9 Å². The van der Waals surface area contributed by atoms with Crippen LogP contribution in [-0.4, -0.2) is 44.2 Å². The number of carbonyl (C=O) groups excluding carboxylic acids is 2. The summed E-state index contributed by atoms with van der Waals surface area (Å²) in [6, 6.07) is 3.29. The standard InChI is InChI=1S/C16H25N3O4S2/c1-16(2,3)15(21)18-11-13(20)17-10-12-6-7-14(24-12)25(22,23)19-8-4-5-9-19/h6-7H,4-5,8-11H2,1-3H3,(H,17,20)(H,18,21). The molecule has 0 saturated carbocycles. The molecule has 0 unspecified atom stereocenters. The molecule has 2 rings (SSSR count). The van der Waals surface area contributed by atoms with Crippen molar-refractivity contribution in [3.05, 3.63) is 17.0 Å². The number of carbonyl (C=O) groups is 2. The van der Waals surface area contributed by atoms with Crippen LogP contribution >= 0.6 is 11.3 Å². The van der Waals surface area contributed by atoms with Crippen molar-refractivity contribution in [3.63, 3.8) is 0 Å². The van der Waals surface area contributed by atoms with E-state index in [0.717, 1.165) is 17.7 Å². The van der Waals surface area contributed by atoms with Crippen LogP contribution in [0.15, 0.2) is 16.3 Å². The smallest absolute Gasteiger partial charge is 0.252 e. The summed E-state index contributed by atoms with van der Waals surface area (Å²) in [4.78, 5) is 24.3. The fourth-order valence-corrected chi connectivity index (χ4v) is 5.29. The quantitative estimate of drug-likeness (QED) is 0.769. The molecule has 0 bridgehead atoms. The minimum absolute atomic E-state index is 0.0968. The number of sulfonamides is 1. The topological polar surface area (TPSA) is 95.6 Å². The molecule has 1 aliphatic heterocycles. The number of nitrogens with one attached hydrogen (secondary N) is 2. The predicted octanol–water partition coefficient (Wildman–Crippen LogP) is 1.31. The van der Waals surface area contributed by atoms with Crippen molar-refractivity contribution >= 4 is 33.2 Å². The lowest BCUT2D eigenvalue weighted by molar-refractivity contribution is -0.131. The number of thiophene rings is 1. The van der Waals surface area contributed by atoms with Crippen LogP contribution < -0.4 is 10.6 Å². The third-order valence-electron chi connectivity index (χ3n) is 3.85. The van der Waals surface area contributed by atoms with Crippen molar-refractivity contribution in [2.45, 2.75) is 44.4 Å². The molecule has 140 valence electrons. The monoisotopic (exact) mass is 387 g/mol. The minimum atomic E-state index is -3.41. The highest BCUT2D eigenvalue weighted by Crippen LogP contribution is 2.27. The van der Waals surface area contributed by atoms with Gasteiger partial charge in [-0.05, 0) is 25.0 Å². The van der Waals surface area contributed by atoms with Crippen LogP contribution in [0.4, 0.5) is 0 Å². The normalized spacial score (nSPS) is 16.0. The van der Waals surface area contributed by atoms with Gasteiger partial charge in [-0.3, -0.25) is 9.59 Å². The Kier molecular flexibility index (Phi) is 6.23. The summed E-state index contributed by atoms with van der Waals surface area (Å²) in [6.45, 7) is 6.60. The second kappa shape index (κ2) is 7.84. The van der Waals surface area contributed by atoms with Gasteiger partial charge in [-0.2, -0.15) is 4.31 Å². The maximum absolute atomic E-state index is 12.5. The van der Waals surface area contributed by atoms with Gasteiger partial charge in [0, 0.05) is 23.4 Å². The Morgan fingerprint density at radius 3 is 2.40 bits per heavy atom. The third-order valence-corrected chi connectivity index (χ3v) is 7.30. The third kappa shape index (κ3) is 5.26. The molecule has 1 aliphatic rings. The van der Waals surface area contributed by atoms with Crippen LogP contribution in [0.3, 0.4) is 0 Å². The Morgan fingerprint density at radius 2 is 1.80 bits per heavy atom. The highest BCUT2D eigenvalue weighted by molar-refractivity contribution is 7.91. The molecular formula is C16H25N3O4S2. The Balaban J connectivity index is 1.85. The molecular weight excluding hydrogens is 362 g/mol. The summed E-state index contributed by atoms with van der Waals surface area (Å²) < 4.78 is 26.7. The first-order valence-corrected chi connectivity index (χ1v) is 10.5. The molecule has 2 N–H and O–H groups in total. The number of hydrogen-bond acceptors (Lipinski definition) is 5. The van der Waals surface area contributed by atoms with Crippen molar-refractivity contribution in [3.8, 4) is 0 Å². The first kappa shape index (κ1) is 19.9. The zero-order chi connectivity index (χ0) is 18.7. The maximum atomic E-state index is 12.5. The van der Waals surface area contributed by atoms with Crippen molar-refractivity contribution in [1.29, 1.82) is 0 Å². The average molecular weight is 388 g/mol. The average Bonchev–Trinajstić information content (AvgIpc) is 3.20. The lowest BCUT2D eigenvalue weighted by Gasteiger charge is -2.17. The Morgan fingerprint density at radius 1 is 1.16 bits per heavy atom. The van der Waals surface area contributed by atoms with E-state index in [1.54, 1.807) is 32.9 Å². The summed E-state index contributed by atoms with van der Waals surface area (Å²) in [7, 11) is -3.41. The first-order valence-electron chi connectivity index (χ1n) is 8.24. The number of rotatable bonds is 6. The van der Waals surface area contributed by atoms with E-state index in [9.17, 15) is 18.0 Å². The van der Waals surface area contributed by atoms with E-state index >= 15 is 0 Å². The van der Waals surface area contributed by atoms with Crippen molar-refractivity contribution < 1.29 is 18.0 Å². The van der Waals surface area contributed by atoms with Crippen LogP contribution in [0.2, 0.25) is 0 Å². The van der Waals surface area contributed by atoms with E-state index in [4.69, 9.17) is 0 Å². The molecule has 1 aromatic heterocycles. The summed E-state index contributed by atoms with van der Waals surface area (Å²) in [6.07, 6.45) is 1.79. The molecule has 1 aromatic rings. The summed E-state index contributed by atoms with van der Waals surface area (Å²) in [5.41, 5.74) is -0.549. The fraction of sp³-hybridized carbons (Fsp3) is 0.625. The zero-order valence-corrected chi connectivity index (χ0v) is 16.4. The Hall–Kier alpha value is -1.45. The van der Waals surface area contributed by atoms with E-state index in [0.29, 0.717) is 17.3 Å².